The van der Waals surface area contributed by atoms with E-state index in [1.807, 2.05) is 36.4 Å². The molecule has 0 bridgehead atoms. The minimum atomic E-state index is -0.200. The van der Waals surface area contributed by atoms with E-state index in [2.05, 4.69) is 10.00 Å². The Bertz CT molecular complexity index is 1060. The van der Waals surface area contributed by atoms with Gasteiger partial charge in [0.15, 0.2) is 5.69 Å². The Balaban J connectivity index is 1.69. The number of carbonyl (C=O) groups is 1. The maximum atomic E-state index is 13.3. The summed E-state index contributed by atoms with van der Waals surface area (Å²) in [7, 11) is 0. The summed E-state index contributed by atoms with van der Waals surface area (Å²) >= 11 is 0. The summed E-state index contributed by atoms with van der Waals surface area (Å²) < 4.78 is 1.38. The van der Waals surface area contributed by atoms with Crippen LogP contribution in [-0.4, -0.2) is 69.9 Å². The van der Waals surface area contributed by atoms with Crippen molar-refractivity contribution in [2.24, 2.45) is 0 Å². The lowest BCUT2D eigenvalue weighted by Crippen LogP contribution is -2.49. The number of aliphatic hydroxyl groups is 1. The maximum Gasteiger partial charge on any atom is 0.275 e. The van der Waals surface area contributed by atoms with Crippen molar-refractivity contribution >= 4 is 16.7 Å². The number of hydrogen-bond acceptors (Lipinski definition) is 5. The Labute approximate surface area is 168 Å². The summed E-state index contributed by atoms with van der Waals surface area (Å²) in [5.41, 5.74) is 1.06. The van der Waals surface area contributed by atoms with Crippen molar-refractivity contribution in [2.75, 3.05) is 39.3 Å². The molecule has 1 aromatic heterocycles. The van der Waals surface area contributed by atoms with Crippen molar-refractivity contribution in [2.45, 2.75) is 6.54 Å². The monoisotopic (exact) mass is 392 g/mol. The standard InChI is InChI=1S/C22H24N4O3/c27-15-14-24-10-12-25(13-11-24)22(29)20-18-8-4-5-9-19(18)21(28)26(23-20)16-17-6-2-1-3-7-17/h1-9,27H,10-16H2. The van der Waals surface area contributed by atoms with Gasteiger partial charge in [0.2, 0.25) is 0 Å². The Morgan fingerprint density at radius 1 is 0.931 bits per heavy atom. The van der Waals surface area contributed by atoms with Gasteiger partial charge in [-0.3, -0.25) is 14.5 Å². The molecular weight excluding hydrogens is 368 g/mol. The van der Waals surface area contributed by atoms with E-state index in [0.29, 0.717) is 55.7 Å². The Hall–Kier alpha value is -3.03. The van der Waals surface area contributed by atoms with E-state index in [1.54, 1.807) is 23.1 Å². The Morgan fingerprint density at radius 2 is 1.59 bits per heavy atom. The number of aliphatic hydroxyl groups excluding tert-OH is 1. The minimum Gasteiger partial charge on any atom is -0.395 e. The van der Waals surface area contributed by atoms with Crippen molar-refractivity contribution in [1.29, 1.82) is 0 Å². The fourth-order valence-corrected chi connectivity index (χ4v) is 3.72. The van der Waals surface area contributed by atoms with Crippen molar-refractivity contribution in [3.8, 4) is 0 Å². The highest BCUT2D eigenvalue weighted by molar-refractivity contribution is 6.04. The summed E-state index contributed by atoms with van der Waals surface area (Å²) in [5.74, 6) is -0.160. The molecule has 1 aliphatic rings. The lowest BCUT2D eigenvalue weighted by Gasteiger charge is -2.34. The van der Waals surface area contributed by atoms with Crippen LogP contribution in [0, 0.1) is 0 Å². The second kappa shape index (κ2) is 8.55. The van der Waals surface area contributed by atoms with Crippen LogP contribution in [0.1, 0.15) is 16.1 Å². The molecule has 1 fully saturated rings. The second-order valence-corrected chi connectivity index (χ2v) is 7.20. The first-order valence-electron chi connectivity index (χ1n) is 9.83. The Morgan fingerprint density at radius 3 is 2.28 bits per heavy atom. The van der Waals surface area contributed by atoms with Crippen LogP contribution in [0.5, 0.6) is 0 Å². The predicted octanol–water partition coefficient (Wildman–Crippen LogP) is 1.19. The largest absolute Gasteiger partial charge is 0.395 e. The number of fused-ring (bicyclic) bond motifs is 1. The number of hydrogen-bond donors (Lipinski definition) is 1. The van der Waals surface area contributed by atoms with Gasteiger partial charge >= 0.3 is 0 Å². The molecule has 7 nitrogen and oxygen atoms in total. The van der Waals surface area contributed by atoms with Crippen molar-refractivity contribution in [3.63, 3.8) is 0 Å². The van der Waals surface area contributed by atoms with E-state index in [1.165, 1.54) is 4.68 Å². The molecule has 0 radical (unpaired) electrons. The maximum absolute atomic E-state index is 13.3. The molecule has 2 aromatic carbocycles. The smallest absolute Gasteiger partial charge is 0.275 e. The van der Waals surface area contributed by atoms with E-state index in [0.717, 1.165) is 5.56 Å². The fourth-order valence-electron chi connectivity index (χ4n) is 3.72. The van der Waals surface area contributed by atoms with Gasteiger partial charge in [-0.1, -0.05) is 48.5 Å². The molecule has 29 heavy (non-hydrogen) atoms. The molecule has 1 aliphatic heterocycles. The molecule has 3 aromatic rings. The van der Waals surface area contributed by atoms with E-state index in [9.17, 15) is 9.59 Å². The van der Waals surface area contributed by atoms with E-state index >= 15 is 0 Å². The topological polar surface area (TPSA) is 78.7 Å². The number of amides is 1. The zero-order valence-corrected chi connectivity index (χ0v) is 16.2. The molecular formula is C22H24N4O3. The van der Waals surface area contributed by atoms with Crippen LogP contribution in [0.2, 0.25) is 0 Å². The molecule has 7 heteroatoms. The highest BCUT2D eigenvalue weighted by Crippen LogP contribution is 2.17. The highest BCUT2D eigenvalue weighted by Gasteiger charge is 2.25. The number of rotatable bonds is 5. The molecule has 1 N–H and O–H groups in total. The number of piperazine rings is 1. The van der Waals surface area contributed by atoms with Crippen molar-refractivity contribution in [3.05, 3.63) is 76.2 Å². The molecule has 1 saturated heterocycles. The first-order chi connectivity index (χ1) is 14.2. The van der Waals surface area contributed by atoms with Gasteiger partial charge in [0.05, 0.1) is 18.5 Å². The molecule has 0 aliphatic carbocycles. The van der Waals surface area contributed by atoms with E-state index < -0.39 is 0 Å². The first-order valence-corrected chi connectivity index (χ1v) is 9.83. The van der Waals surface area contributed by atoms with Gasteiger partial charge in [-0.25, -0.2) is 4.68 Å². The number of carbonyl (C=O) groups excluding carboxylic acids is 1. The summed E-state index contributed by atoms with van der Waals surface area (Å²) in [6, 6.07) is 16.8. The van der Waals surface area contributed by atoms with Gasteiger partial charge < -0.3 is 10.0 Å². The molecule has 0 saturated carbocycles. The molecule has 150 valence electrons. The fraction of sp³-hybridized carbons (Fsp3) is 0.318. The van der Waals surface area contributed by atoms with Crippen molar-refractivity contribution < 1.29 is 9.90 Å². The van der Waals surface area contributed by atoms with Gasteiger partial charge in [-0.05, 0) is 11.6 Å². The first kappa shape index (κ1) is 19.3. The van der Waals surface area contributed by atoms with Crippen LogP contribution < -0.4 is 5.56 Å². The van der Waals surface area contributed by atoms with Gasteiger partial charge in [0.25, 0.3) is 11.5 Å². The van der Waals surface area contributed by atoms with Gasteiger partial charge in [0, 0.05) is 38.1 Å². The zero-order valence-electron chi connectivity index (χ0n) is 16.2. The van der Waals surface area contributed by atoms with E-state index in [4.69, 9.17) is 5.11 Å². The molecule has 1 amide bonds. The summed E-state index contributed by atoms with van der Waals surface area (Å²) in [5, 5.41) is 14.7. The number of nitrogens with zero attached hydrogens (tertiary/aromatic N) is 4. The summed E-state index contributed by atoms with van der Waals surface area (Å²) in [4.78, 5) is 30.1. The lowest BCUT2D eigenvalue weighted by atomic mass is 10.1. The van der Waals surface area contributed by atoms with Crippen LogP contribution in [0.3, 0.4) is 0 Å². The third-order valence-corrected chi connectivity index (χ3v) is 5.32. The van der Waals surface area contributed by atoms with E-state index in [-0.39, 0.29) is 18.1 Å². The van der Waals surface area contributed by atoms with Gasteiger partial charge in [-0.2, -0.15) is 5.10 Å². The van der Waals surface area contributed by atoms with Gasteiger partial charge in [-0.15, -0.1) is 0 Å². The molecule has 0 unspecified atom stereocenters. The predicted molar refractivity (Wildman–Crippen MR) is 111 cm³/mol. The Kier molecular flexibility index (Phi) is 5.69. The average molecular weight is 392 g/mol. The lowest BCUT2D eigenvalue weighted by molar-refractivity contribution is 0.0609. The SMILES string of the molecule is O=C(c1nn(Cc2ccccc2)c(=O)c2ccccc12)N1CCN(CCO)CC1. The number of β-amino-alcohol motifs (C(OH)–C–C–N with tert-alkyl or cyclic N) is 1. The number of benzene rings is 2. The normalized spacial score (nSPS) is 15.0. The summed E-state index contributed by atoms with van der Waals surface area (Å²) in [6.07, 6.45) is 0. The van der Waals surface area contributed by atoms with Gasteiger partial charge in [0.1, 0.15) is 0 Å². The minimum absolute atomic E-state index is 0.116. The zero-order chi connectivity index (χ0) is 20.2. The second-order valence-electron chi connectivity index (χ2n) is 7.20. The van der Waals surface area contributed by atoms with Crippen molar-refractivity contribution in [1.82, 2.24) is 19.6 Å². The number of aromatic nitrogens is 2. The molecule has 2 heterocycles. The van der Waals surface area contributed by atoms with Crippen LogP contribution in [0.25, 0.3) is 10.8 Å². The summed E-state index contributed by atoms with van der Waals surface area (Å²) in [6.45, 7) is 3.63. The third-order valence-electron chi connectivity index (χ3n) is 5.32. The highest BCUT2D eigenvalue weighted by atomic mass is 16.3. The molecule has 4 rings (SSSR count). The molecule has 0 spiro atoms. The van der Waals surface area contributed by atoms with Crippen LogP contribution in [0.4, 0.5) is 0 Å². The average Bonchev–Trinajstić information content (AvgIpc) is 2.77. The van der Waals surface area contributed by atoms with Crippen LogP contribution in [-0.2, 0) is 6.54 Å². The van der Waals surface area contributed by atoms with Crippen LogP contribution >= 0.6 is 0 Å². The third kappa shape index (κ3) is 4.06. The quantitative estimate of drug-likeness (QED) is 0.706. The van der Waals surface area contributed by atoms with Crippen LogP contribution in [0.15, 0.2) is 59.4 Å². The molecule has 0 atom stereocenters.